The van der Waals surface area contributed by atoms with Crippen molar-refractivity contribution in [1.82, 2.24) is 15.1 Å². The van der Waals surface area contributed by atoms with Crippen LogP contribution in [0.25, 0.3) is 0 Å². The maximum atomic E-state index is 12.2. The number of nitrogens with two attached hydrogens (primary N) is 1. The molecule has 1 amide bonds. The molecule has 1 aliphatic carbocycles. The van der Waals surface area contributed by atoms with Gasteiger partial charge in [-0.15, -0.1) is 0 Å². The lowest BCUT2D eigenvalue weighted by Crippen LogP contribution is -2.42. The SMILES string of the molecule is C/C=C\CN=O.C=CN=Cn1cc(CC(N)C(=O)NC2=C(C(=O)O)CCCC2)cn1.CC. The first kappa shape index (κ1) is 28.6. The van der Waals surface area contributed by atoms with E-state index in [2.05, 4.69) is 27.2 Å². The van der Waals surface area contributed by atoms with Gasteiger partial charge < -0.3 is 16.2 Å². The predicted molar refractivity (Wildman–Crippen MR) is 126 cm³/mol. The number of carboxylic acid groups (broad SMARTS) is 1. The second-order valence-corrected chi connectivity index (χ2v) is 6.43. The molecule has 1 aliphatic rings. The van der Waals surface area contributed by atoms with Gasteiger partial charge in [-0.3, -0.25) is 4.79 Å². The van der Waals surface area contributed by atoms with Crippen LogP contribution in [-0.2, 0) is 16.0 Å². The third-order valence-corrected chi connectivity index (χ3v) is 4.15. The van der Waals surface area contributed by atoms with Crippen LogP contribution in [-0.4, -0.2) is 45.7 Å². The van der Waals surface area contributed by atoms with Crippen LogP contribution in [0.1, 0.15) is 52.0 Å². The van der Waals surface area contributed by atoms with Crippen LogP contribution >= 0.6 is 0 Å². The topological polar surface area (TPSA) is 152 Å². The zero-order valence-electron chi connectivity index (χ0n) is 19.0. The van der Waals surface area contributed by atoms with E-state index in [1.807, 2.05) is 20.8 Å². The van der Waals surface area contributed by atoms with Crippen LogP contribution in [0.5, 0.6) is 0 Å². The Kier molecular flexibility index (Phi) is 15.5. The number of allylic oxidation sites excluding steroid dienone is 2. The highest BCUT2D eigenvalue weighted by Crippen LogP contribution is 2.23. The standard InChI is InChI=1S/C16H21N5O3.C4H7NO.C2H6/c1-2-18-10-21-9-11(8-19-21)7-13(17)15(22)20-14-6-4-3-5-12(14)16(23)24;1-2-3-4-5-6;1-2/h2,8-10,13H,1,3-7,17H2,(H,20,22)(H,23,24);2-3H,4H2,1H3;1-2H3/b;3-2-;. The molecule has 1 unspecified atom stereocenters. The fourth-order valence-corrected chi connectivity index (χ4v) is 2.68. The van der Waals surface area contributed by atoms with E-state index < -0.39 is 17.9 Å². The molecule has 1 heterocycles. The number of nitrogens with one attached hydrogen (secondary N) is 1. The number of rotatable bonds is 9. The van der Waals surface area contributed by atoms with Gasteiger partial charge in [-0.1, -0.05) is 37.8 Å². The molecule has 0 radical (unpaired) electrons. The van der Waals surface area contributed by atoms with E-state index in [4.69, 9.17) is 5.73 Å². The number of amides is 1. The molecule has 2 rings (SSSR count). The monoisotopic (exact) mass is 446 g/mol. The number of nitrogens with zero attached hydrogens (tertiary/aromatic N) is 4. The van der Waals surface area contributed by atoms with Gasteiger partial charge in [-0.2, -0.15) is 10.0 Å². The van der Waals surface area contributed by atoms with E-state index in [9.17, 15) is 19.6 Å². The number of carbonyl (C=O) groups excluding carboxylic acids is 1. The molecule has 1 aromatic heterocycles. The summed E-state index contributed by atoms with van der Waals surface area (Å²) >= 11 is 0. The van der Waals surface area contributed by atoms with Gasteiger partial charge in [-0.05, 0) is 44.6 Å². The molecule has 0 aromatic carbocycles. The van der Waals surface area contributed by atoms with Crippen molar-refractivity contribution in [2.45, 2.75) is 58.9 Å². The minimum absolute atomic E-state index is 0.273. The highest BCUT2D eigenvalue weighted by molar-refractivity contribution is 5.90. The summed E-state index contributed by atoms with van der Waals surface area (Å²) in [6.07, 6.45) is 12.7. The summed E-state index contributed by atoms with van der Waals surface area (Å²) in [6, 6.07) is -0.788. The van der Waals surface area contributed by atoms with Gasteiger partial charge in [-0.25, -0.2) is 14.5 Å². The summed E-state index contributed by atoms with van der Waals surface area (Å²) < 4.78 is 1.49. The van der Waals surface area contributed by atoms with Gasteiger partial charge in [0.15, 0.2) is 0 Å². The molecule has 0 aliphatic heterocycles. The average molecular weight is 447 g/mol. The lowest BCUT2D eigenvalue weighted by atomic mass is 9.96. The van der Waals surface area contributed by atoms with Crippen LogP contribution in [0.2, 0.25) is 0 Å². The summed E-state index contributed by atoms with van der Waals surface area (Å²) in [5, 5.41) is 18.5. The molecule has 0 spiro atoms. The van der Waals surface area contributed by atoms with Crippen LogP contribution in [0.3, 0.4) is 0 Å². The van der Waals surface area contributed by atoms with Crippen molar-refractivity contribution < 1.29 is 14.7 Å². The van der Waals surface area contributed by atoms with Gasteiger partial charge >= 0.3 is 5.97 Å². The minimum atomic E-state index is -0.985. The van der Waals surface area contributed by atoms with Gasteiger partial charge in [0.05, 0.1) is 24.4 Å². The molecule has 0 fully saturated rings. The second-order valence-electron chi connectivity index (χ2n) is 6.43. The molecule has 32 heavy (non-hydrogen) atoms. The summed E-state index contributed by atoms with van der Waals surface area (Å²) in [5.74, 6) is -1.38. The highest BCUT2D eigenvalue weighted by Gasteiger charge is 2.22. The first-order valence-corrected chi connectivity index (χ1v) is 10.5. The second kappa shape index (κ2) is 17.3. The van der Waals surface area contributed by atoms with Crippen molar-refractivity contribution in [3.05, 3.63) is 59.1 Å². The number of aliphatic carboxylic acids is 1. The van der Waals surface area contributed by atoms with Crippen molar-refractivity contribution in [3.8, 4) is 0 Å². The van der Waals surface area contributed by atoms with E-state index in [-0.39, 0.29) is 5.57 Å². The van der Waals surface area contributed by atoms with Crippen LogP contribution < -0.4 is 11.1 Å². The van der Waals surface area contributed by atoms with Crippen LogP contribution in [0.15, 0.2) is 58.8 Å². The van der Waals surface area contributed by atoms with Crippen molar-refractivity contribution in [3.63, 3.8) is 0 Å². The molecule has 0 saturated heterocycles. The summed E-state index contributed by atoms with van der Waals surface area (Å²) in [5.41, 5.74) is 7.46. The Morgan fingerprint density at radius 1 is 1.38 bits per heavy atom. The molecular weight excluding hydrogens is 412 g/mol. The van der Waals surface area contributed by atoms with Crippen LogP contribution in [0.4, 0.5) is 0 Å². The maximum absolute atomic E-state index is 12.2. The molecule has 176 valence electrons. The normalized spacial score (nSPS) is 14.1. The summed E-state index contributed by atoms with van der Waals surface area (Å²) in [4.78, 5) is 36.6. The molecule has 1 atom stereocenters. The van der Waals surface area contributed by atoms with E-state index >= 15 is 0 Å². The van der Waals surface area contributed by atoms with E-state index in [0.29, 0.717) is 31.5 Å². The number of aromatic nitrogens is 2. The first-order valence-electron chi connectivity index (χ1n) is 10.5. The number of aliphatic imine (C=N–C) groups is 1. The number of carboxylic acids is 1. The zero-order chi connectivity index (χ0) is 24.4. The third kappa shape index (κ3) is 11.1. The van der Waals surface area contributed by atoms with Crippen molar-refractivity contribution >= 4 is 18.2 Å². The lowest BCUT2D eigenvalue weighted by Gasteiger charge is -2.20. The Morgan fingerprint density at radius 2 is 2.06 bits per heavy atom. The average Bonchev–Trinajstić information content (AvgIpc) is 3.25. The predicted octanol–water partition coefficient (Wildman–Crippen LogP) is 3.16. The van der Waals surface area contributed by atoms with Crippen molar-refractivity contribution in [2.24, 2.45) is 15.9 Å². The summed E-state index contributed by atoms with van der Waals surface area (Å²) in [7, 11) is 0. The Labute approximate surface area is 189 Å². The fourth-order valence-electron chi connectivity index (χ4n) is 2.68. The largest absolute Gasteiger partial charge is 0.478 e. The molecule has 0 saturated carbocycles. The van der Waals surface area contributed by atoms with Crippen molar-refractivity contribution in [2.75, 3.05) is 6.54 Å². The summed E-state index contributed by atoms with van der Waals surface area (Å²) in [6.45, 7) is 9.62. The van der Waals surface area contributed by atoms with E-state index in [1.165, 1.54) is 17.2 Å². The Morgan fingerprint density at radius 3 is 2.62 bits per heavy atom. The number of carbonyl (C=O) groups is 2. The maximum Gasteiger partial charge on any atom is 0.333 e. The third-order valence-electron chi connectivity index (χ3n) is 4.15. The molecular formula is C22H34N6O4. The lowest BCUT2D eigenvalue weighted by molar-refractivity contribution is -0.133. The van der Waals surface area contributed by atoms with E-state index in [1.54, 1.807) is 24.5 Å². The van der Waals surface area contributed by atoms with Gasteiger partial charge in [0.2, 0.25) is 5.91 Å². The molecule has 10 nitrogen and oxygen atoms in total. The Bertz CT molecular complexity index is 826. The van der Waals surface area contributed by atoms with Crippen molar-refractivity contribution in [1.29, 1.82) is 0 Å². The number of hydrogen-bond acceptors (Lipinski definition) is 7. The Hall–Kier alpha value is -3.40. The zero-order valence-corrected chi connectivity index (χ0v) is 19.0. The fraction of sp³-hybridized carbons (Fsp3) is 0.455. The number of nitroso groups, excluding NO2 is 1. The highest BCUT2D eigenvalue weighted by atomic mass is 16.4. The van der Waals surface area contributed by atoms with E-state index in [0.717, 1.165) is 18.4 Å². The van der Waals surface area contributed by atoms with Gasteiger partial charge in [0.1, 0.15) is 6.34 Å². The molecule has 4 N–H and O–H groups in total. The number of hydrogen-bond donors (Lipinski definition) is 3. The smallest absolute Gasteiger partial charge is 0.333 e. The van der Waals surface area contributed by atoms with Gasteiger partial charge in [0, 0.05) is 18.1 Å². The molecule has 0 bridgehead atoms. The molecule has 1 aromatic rings. The quantitative estimate of drug-likeness (QED) is 0.229. The Balaban J connectivity index is 0.00000104. The molecule has 10 heteroatoms. The minimum Gasteiger partial charge on any atom is -0.478 e. The van der Waals surface area contributed by atoms with Gasteiger partial charge in [0.25, 0.3) is 0 Å². The van der Waals surface area contributed by atoms with Crippen LogP contribution in [0, 0.1) is 4.91 Å². The first-order chi connectivity index (χ1) is 15.4.